The van der Waals surface area contributed by atoms with Crippen molar-refractivity contribution in [1.82, 2.24) is 16.0 Å². The Morgan fingerprint density at radius 3 is 2.59 bits per heavy atom. The van der Waals surface area contributed by atoms with Gasteiger partial charge in [-0.15, -0.1) is 6.58 Å². The summed E-state index contributed by atoms with van der Waals surface area (Å²) >= 11 is 0. The number of rotatable bonds is 13. The van der Waals surface area contributed by atoms with Gasteiger partial charge in [-0.25, -0.2) is 0 Å². The van der Waals surface area contributed by atoms with Crippen molar-refractivity contribution in [2.24, 2.45) is 4.99 Å². The molecule has 0 aromatic carbocycles. The van der Waals surface area contributed by atoms with Gasteiger partial charge >= 0.3 is 6.18 Å². The standard InChI is InChI=1S/C25H37F3N4/c1-6-14-31-23(21-12-9-11-20(4)18-21)13-17-30-15-10-16-32-24(8-3,25(26,27)28)22(7-2)19-29-5/h7-8,10-11,13-14,16,18,29-30,32H,3,6,9,12,15,17,19H2,1-2,4-5H3/b16-10-,22-7+,23-13-,31-14?. The van der Waals surface area contributed by atoms with Crippen LogP contribution in [0.2, 0.25) is 0 Å². The van der Waals surface area contributed by atoms with Crippen LogP contribution in [0, 0.1) is 0 Å². The molecule has 1 atom stereocenters. The molecule has 1 aliphatic carbocycles. The number of nitrogens with zero attached hydrogens (tertiary/aromatic N) is 1. The van der Waals surface area contributed by atoms with Crippen molar-refractivity contribution in [2.45, 2.75) is 51.7 Å². The SMILES string of the molecule is C=CC(N/C=C\CNC/C=C(\N=CCC)C1=CC(C)=CCC1)(/C(=C/C)CNC)C(F)(F)F. The second-order valence-electron chi connectivity index (χ2n) is 7.52. The lowest BCUT2D eigenvalue weighted by molar-refractivity contribution is -0.168. The lowest BCUT2D eigenvalue weighted by atomic mass is 9.88. The summed E-state index contributed by atoms with van der Waals surface area (Å²) in [7, 11) is 1.61. The summed E-state index contributed by atoms with van der Waals surface area (Å²) in [6.45, 7) is 10.2. The molecule has 0 saturated carbocycles. The molecule has 0 aliphatic heterocycles. The zero-order chi connectivity index (χ0) is 24.0. The number of allylic oxidation sites excluding steroid dienone is 5. The Morgan fingerprint density at radius 1 is 1.28 bits per heavy atom. The van der Waals surface area contributed by atoms with Gasteiger partial charge in [0.15, 0.2) is 5.54 Å². The Bertz CT molecular complexity index is 785. The van der Waals surface area contributed by atoms with Crippen LogP contribution in [0.1, 0.15) is 40.0 Å². The van der Waals surface area contributed by atoms with Crippen molar-refractivity contribution in [2.75, 3.05) is 26.7 Å². The van der Waals surface area contributed by atoms with Gasteiger partial charge in [-0.2, -0.15) is 13.2 Å². The average molecular weight is 451 g/mol. The van der Waals surface area contributed by atoms with E-state index in [1.54, 1.807) is 20.0 Å². The average Bonchev–Trinajstić information content (AvgIpc) is 2.75. The van der Waals surface area contributed by atoms with Gasteiger partial charge in [0, 0.05) is 25.8 Å². The highest BCUT2D eigenvalue weighted by Gasteiger charge is 2.54. The smallest absolute Gasteiger partial charge is 0.371 e. The van der Waals surface area contributed by atoms with Crippen LogP contribution in [-0.2, 0) is 0 Å². The van der Waals surface area contributed by atoms with Gasteiger partial charge in [0.05, 0.1) is 5.70 Å². The Balaban J connectivity index is 2.78. The number of alkyl halides is 3. The Morgan fingerprint density at radius 2 is 2.03 bits per heavy atom. The fourth-order valence-electron chi connectivity index (χ4n) is 3.43. The van der Waals surface area contributed by atoms with E-state index in [1.165, 1.54) is 23.4 Å². The van der Waals surface area contributed by atoms with E-state index in [0.29, 0.717) is 13.1 Å². The molecule has 0 saturated heterocycles. The second-order valence-corrected chi connectivity index (χ2v) is 7.52. The van der Waals surface area contributed by atoms with Crippen molar-refractivity contribution in [3.8, 4) is 0 Å². The highest BCUT2D eigenvalue weighted by Crippen LogP contribution is 2.37. The summed E-state index contributed by atoms with van der Waals surface area (Å²) in [5, 5.41) is 8.50. The minimum atomic E-state index is -4.53. The molecule has 0 spiro atoms. The maximum atomic E-state index is 13.9. The molecule has 1 unspecified atom stereocenters. The van der Waals surface area contributed by atoms with Crippen LogP contribution in [0.5, 0.6) is 0 Å². The molecule has 178 valence electrons. The molecule has 7 heteroatoms. The maximum Gasteiger partial charge on any atom is 0.419 e. The summed E-state index contributed by atoms with van der Waals surface area (Å²) in [4.78, 5) is 4.57. The first kappa shape index (κ1) is 27.7. The van der Waals surface area contributed by atoms with E-state index in [2.05, 4.69) is 46.6 Å². The molecule has 0 radical (unpaired) electrons. The number of hydrogen-bond acceptors (Lipinski definition) is 4. The Kier molecular flexibility index (Phi) is 12.0. The monoisotopic (exact) mass is 450 g/mol. The van der Waals surface area contributed by atoms with Crippen LogP contribution in [0.15, 0.2) is 76.6 Å². The number of likely N-dealkylation sites (N-methyl/N-ethyl adjacent to an activating group) is 1. The molecule has 0 bridgehead atoms. The van der Waals surface area contributed by atoms with Crippen LogP contribution < -0.4 is 16.0 Å². The minimum Gasteiger partial charge on any atom is -0.371 e. The van der Waals surface area contributed by atoms with E-state index in [1.807, 2.05) is 19.2 Å². The quantitative estimate of drug-likeness (QED) is 0.201. The minimum absolute atomic E-state index is 0.0947. The predicted octanol–water partition coefficient (Wildman–Crippen LogP) is 5.36. The molecule has 0 aromatic rings. The number of hydrogen-bond donors (Lipinski definition) is 3. The van der Waals surface area contributed by atoms with Gasteiger partial charge in [-0.05, 0) is 63.6 Å². The fourth-order valence-corrected chi connectivity index (χ4v) is 3.43. The summed E-state index contributed by atoms with van der Waals surface area (Å²) in [5.41, 5.74) is 1.23. The van der Waals surface area contributed by atoms with Gasteiger partial charge < -0.3 is 16.0 Å². The molecular formula is C25H37F3N4. The van der Waals surface area contributed by atoms with Gasteiger partial charge in [0.1, 0.15) is 0 Å². The predicted molar refractivity (Wildman–Crippen MR) is 130 cm³/mol. The molecule has 1 rings (SSSR count). The number of aliphatic imine (C=N–C) groups is 1. The first-order chi connectivity index (χ1) is 15.3. The van der Waals surface area contributed by atoms with Crippen molar-refractivity contribution >= 4 is 6.21 Å². The van der Waals surface area contributed by atoms with E-state index in [9.17, 15) is 13.2 Å². The van der Waals surface area contributed by atoms with Crippen LogP contribution in [0.25, 0.3) is 0 Å². The topological polar surface area (TPSA) is 48.5 Å². The van der Waals surface area contributed by atoms with Crippen LogP contribution in [0.4, 0.5) is 13.2 Å². The molecule has 0 aromatic heterocycles. The number of nitrogens with one attached hydrogen (secondary N) is 3. The lowest BCUT2D eigenvalue weighted by Gasteiger charge is -2.35. The fraction of sp³-hybridized carbons (Fsp3) is 0.480. The first-order valence-corrected chi connectivity index (χ1v) is 11.0. The van der Waals surface area contributed by atoms with E-state index >= 15 is 0 Å². The molecule has 0 amide bonds. The zero-order valence-corrected chi connectivity index (χ0v) is 19.6. The third-order valence-corrected chi connectivity index (χ3v) is 5.13. The van der Waals surface area contributed by atoms with Crippen molar-refractivity contribution in [1.29, 1.82) is 0 Å². The van der Waals surface area contributed by atoms with Crippen molar-refractivity contribution in [3.63, 3.8) is 0 Å². The summed E-state index contributed by atoms with van der Waals surface area (Å²) in [6, 6.07) is 0. The van der Waals surface area contributed by atoms with E-state index in [4.69, 9.17) is 0 Å². The normalized spacial score (nSPS) is 18.0. The van der Waals surface area contributed by atoms with E-state index < -0.39 is 11.7 Å². The second kappa shape index (κ2) is 13.9. The van der Waals surface area contributed by atoms with Gasteiger partial charge in [0.25, 0.3) is 0 Å². The molecule has 1 aliphatic rings. The lowest BCUT2D eigenvalue weighted by Crippen LogP contribution is -2.56. The molecular weight excluding hydrogens is 413 g/mol. The van der Waals surface area contributed by atoms with Gasteiger partial charge in [-0.1, -0.05) is 42.9 Å². The number of halogens is 3. The van der Waals surface area contributed by atoms with Crippen LogP contribution in [-0.4, -0.2) is 44.6 Å². The largest absolute Gasteiger partial charge is 0.419 e. The molecule has 3 N–H and O–H groups in total. The van der Waals surface area contributed by atoms with E-state index in [0.717, 1.165) is 31.0 Å². The third-order valence-electron chi connectivity index (χ3n) is 5.13. The van der Waals surface area contributed by atoms with Crippen molar-refractivity contribution in [3.05, 3.63) is 71.7 Å². The Labute approximate surface area is 190 Å². The first-order valence-electron chi connectivity index (χ1n) is 11.0. The molecule has 32 heavy (non-hydrogen) atoms. The van der Waals surface area contributed by atoms with Crippen molar-refractivity contribution < 1.29 is 13.2 Å². The molecule has 4 nitrogen and oxygen atoms in total. The Hall–Kier alpha value is -2.38. The van der Waals surface area contributed by atoms with Crippen LogP contribution in [0.3, 0.4) is 0 Å². The van der Waals surface area contributed by atoms with Crippen LogP contribution >= 0.6 is 0 Å². The summed E-state index contributed by atoms with van der Waals surface area (Å²) in [5.74, 6) is 0. The summed E-state index contributed by atoms with van der Waals surface area (Å²) < 4.78 is 41.6. The highest BCUT2D eigenvalue weighted by molar-refractivity contribution is 5.60. The summed E-state index contributed by atoms with van der Waals surface area (Å²) in [6.07, 6.45) is 11.9. The zero-order valence-electron chi connectivity index (χ0n) is 19.6. The molecule has 0 heterocycles. The molecule has 0 fully saturated rings. The van der Waals surface area contributed by atoms with E-state index in [-0.39, 0.29) is 12.1 Å². The third kappa shape index (κ3) is 7.95. The maximum absolute atomic E-state index is 13.9. The highest BCUT2D eigenvalue weighted by atomic mass is 19.4. The van der Waals surface area contributed by atoms with Gasteiger partial charge in [-0.3, -0.25) is 4.99 Å². The van der Waals surface area contributed by atoms with Gasteiger partial charge in [0.2, 0.25) is 0 Å².